The van der Waals surface area contributed by atoms with Gasteiger partial charge in [0.25, 0.3) is 5.56 Å². The van der Waals surface area contributed by atoms with E-state index in [1.165, 1.54) is 36.3 Å². The quantitative estimate of drug-likeness (QED) is 0.789. The fourth-order valence-electron chi connectivity index (χ4n) is 2.55. The highest BCUT2D eigenvalue weighted by atomic mass is 16.2. The van der Waals surface area contributed by atoms with Gasteiger partial charge in [0.05, 0.1) is 0 Å². The molecule has 3 N–H and O–H groups in total. The molecule has 100 valence electrons. The largest absolute Gasteiger partial charge is 0.385 e. The summed E-state index contributed by atoms with van der Waals surface area (Å²) in [6.45, 7) is 1.27. The van der Waals surface area contributed by atoms with Crippen molar-refractivity contribution in [2.45, 2.75) is 38.3 Å². The second-order valence-corrected chi connectivity index (χ2v) is 4.93. The Labute approximate surface area is 105 Å². The molecule has 0 amide bonds. The van der Waals surface area contributed by atoms with Crippen molar-refractivity contribution in [1.29, 1.82) is 0 Å². The molecule has 0 aliphatic heterocycles. The number of anilines is 1. The van der Waals surface area contributed by atoms with Crippen LogP contribution in [0.4, 0.5) is 5.82 Å². The van der Waals surface area contributed by atoms with E-state index >= 15 is 0 Å². The van der Waals surface area contributed by atoms with Crippen molar-refractivity contribution in [3.8, 4) is 0 Å². The van der Waals surface area contributed by atoms with Crippen molar-refractivity contribution in [3.63, 3.8) is 0 Å². The van der Waals surface area contributed by atoms with Gasteiger partial charge in [0.15, 0.2) is 0 Å². The van der Waals surface area contributed by atoms with E-state index in [-0.39, 0.29) is 5.82 Å². The Kier molecular flexibility index (Phi) is 3.86. The van der Waals surface area contributed by atoms with Gasteiger partial charge in [0, 0.05) is 25.2 Å². The van der Waals surface area contributed by atoms with Crippen molar-refractivity contribution in [2.24, 2.45) is 0 Å². The van der Waals surface area contributed by atoms with Crippen LogP contribution in [0.5, 0.6) is 0 Å². The molecule has 1 aliphatic rings. The predicted molar refractivity (Wildman–Crippen MR) is 70.6 cm³/mol. The highest BCUT2D eigenvalue weighted by Gasteiger charge is 2.19. The number of aromatic nitrogens is 2. The zero-order valence-corrected chi connectivity index (χ0v) is 10.7. The zero-order chi connectivity index (χ0) is 13.1. The summed E-state index contributed by atoms with van der Waals surface area (Å²) in [5.41, 5.74) is 4.81. The molecule has 6 nitrogen and oxygen atoms in total. The van der Waals surface area contributed by atoms with Crippen LogP contribution in [0.1, 0.15) is 25.7 Å². The molecule has 1 saturated carbocycles. The Morgan fingerprint density at radius 3 is 2.72 bits per heavy atom. The van der Waals surface area contributed by atoms with E-state index in [1.807, 2.05) is 0 Å². The van der Waals surface area contributed by atoms with Gasteiger partial charge in [0.1, 0.15) is 5.82 Å². The number of nitrogens with zero attached hydrogens (tertiary/aromatic N) is 2. The third kappa shape index (κ3) is 2.81. The number of likely N-dealkylation sites (N-methyl/N-ethyl adjacent to an activating group) is 1. The summed E-state index contributed by atoms with van der Waals surface area (Å²) in [5.74, 6) is 0.226. The van der Waals surface area contributed by atoms with Gasteiger partial charge >= 0.3 is 5.69 Å². The lowest BCUT2D eigenvalue weighted by atomic mass is 10.2. The average molecular weight is 252 g/mol. The monoisotopic (exact) mass is 252 g/mol. The van der Waals surface area contributed by atoms with Crippen LogP contribution in [-0.4, -0.2) is 34.1 Å². The Morgan fingerprint density at radius 1 is 1.44 bits per heavy atom. The molecule has 2 rings (SSSR count). The summed E-state index contributed by atoms with van der Waals surface area (Å²) in [4.78, 5) is 27.1. The SMILES string of the molecule is CN(CCn1c(N)cc(=O)[nH]c1=O)C1CCCC1. The van der Waals surface area contributed by atoms with Crippen LogP contribution >= 0.6 is 0 Å². The van der Waals surface area contributed by atoms with Gasteiger partial charge in [-0.15, -0.1) is 0 Å². The van der Waals surface area contributed by atoms with Crippen LogP contribution in [-0.2, 0) is 6.54 Å². The molecule has 1 heterocycles. The summed E-state index contributed by atoms with van der Waals surface area (Å²) < 4.78 is 1.41. The van der Waals surface area contributed by atoms with Crippen molar-refractivity contribution in [3.05, 3.63) is 26.9 Å². The van der Waals surface area contributed by atoms with E-state index in [1.54, 1.807) is 0 Å². The van der Waals surface area contributed by atoms with Crippen LogP contribution in [0.2, 0.25) is 0 Å². The number of H-pyrrole nitrogens is 1. The third-order valence-electron chi connectivity index (χ3n) is 3.69. The average Bonchev–Trinajstić information content (AvgIpc) is 2.80. The second kappa shape index (κ2) is 5.39. The lowest BCUT2D eigenvalue weighted by Crippen LogP contribution is -2.37. The Hall–Kier alpha value is -1.56. The summed E-state index contributed by atoms with van der Waals surface area (Å²) in [6, 6.07) is 1.86. The molecule has 0 atom stereocenters. The minimum absolute atomic E-state index is 0.226. The molecule has 0 radical (unpaired) electrons. The maximum absolute atomic E-state index is 11.6. The number of hydrogen-bond donors (Lipinski definition) is 2. The van der Waals surface area contributed by atoms with E-state index in [0.29, 0.717) is 12.6 Å². The van der Waals surface area contributed by atoms with E-state index in [0.717, 1.165) is 6.54 Å². The van der Waals surface area contributed by atoms with Crippen LogP contribution in [0.25, 0.3) is 0 Å². The van der Waals surface area contributed by atoms with Gasteiger partial charge in [-0.3, -0.25) is 14.3 Å². The maximum atomic E-state index is 11.6. The van der Waals surface area contributed by atoms with Gasteiger partial charge < -0.3 is 10.6 Å². The fraction of sp³-hybridized carbons (Fsp3) is 0.667. The molecule has 1 aliphatic carbocycles. The number of aromatic amines is 1. The smallest absolute Gasteiger partial charge is 0.329 e. The lowest BCUT2D eigenvalue weighted by molar-refractivity contribution is 0.235. The molecule has 0 aromatic carbocycles. The molecular weight excluding hydrogens is 232 g/mol. The van der Waals surface area contributed by atoms with Gasteiger partial charge in [-0.2, -0.15) is 0 Å². The minimum Gasteiger partial charge on any atom is -0.385 e. The highest BCUT2D eigenvalue weighted by molar-refractivity contribution is 5.26. The van der Waals surface area contributed by atoms with Crippen molar-refractivity contribution in [2.75, 3.05) is 19.3 Å². The van der Waals surface area contributed by atoms with Crippen molar-refractivity contribution >= 4 is 5.82 Å². The second-order valence-electron chi connectivity index (χ2n) is 4.93. The zero-order valence-electron chi connectivity index (χ0n) is 10.7. The first-order valence-corrected chi connectivity index (χ1v) is 6.38. The summed E-state index contributed by atoms with van der Waals surface area (Å²) in [5, 5.41) is 0. The first kappa shape index (κ1) is 12.9. The molecule has 0 saturated heterocycles. The number of hydrogen-bond acceptors (Lipinski definition) is 4. The summed E-state index contributed by atoms with van der Waals surface area (Å²) >= 11 is 0. The third-order valence-corrected chi connectivity index (χ3v) is 3.69. The normalized spacial score (nSPS) is 16.6. The molecule has 0 unspecified atom stereocenters. The van der Waals surface area contributed by atoms with Gasteiger partial charge in [0.2, 0.25) is 0 Å². The van der Waals surface area contributed by atoms with Crippen LogP contribution in [0.15, 0.2) is 15.7 Å². The van der Waals surface area contributed by atoms with Gasteiger partial charge in [-0.25, -0.2) is 4.79 Å². The standard InChI is InChI=1S/C12H20N4O2/c1-15(9-4-2-3-5-9)6-7-16-10(13)8-11(17)14-12(16)18/h8-9H,2-7,13H2,1H3,(H,14,17,18). The fourth-order valence-corrected chi connectivity index (χ4v) is 2.55. The summed E-state index contributed by atoms with van der Waals surface area (Å²) in [6.07, 6.45) is 5.03. The Morgan fingerprint density at radius 2 is 2.11 bits per heavy atom. The lowest BCUT2D eigenvalue weighted by Gasteiger charge is -2.24. The molecule has 1 fully saturated rings. The van der Waals surface area contributed by atoms with Crippen molar-refractivity contribution in [1.82, 2.24) is 14.5 Å². The van der Waals surface area contributed by atoms with Gasteiger partial charge in [-0.1, -0.05) is 12.8 Å². The Balaban J connectivity index is 2.02. The van der Waals surface area contributed by atoms with E-state index in [9.17, 15) is 9.59 Å². The molecule has 1 aromatic heterocycles. The molecule has 6 heteroatoms. The minimum atomic E-state index is -0.446. The topological polar surface area (TPSA) is 84.1 Å². The number of rotatable bonds is 4. The molecular formula is C12H20N4O2. The highest BCUT2D eigenvalue weighted by Crippen LogP contribution is 2.22. The first-order valence-electron chi connectivity index (χ1n) is 6.38. The van der Waals surface area contributed by atoms with Crippen LogP contribution in [0, 0.1) is 0 Å². The van der Waals surface area contributed by atoms with Gasteiger partial charge in [-0.05, 0) is 19.9 Å². The molecule has 0 bridgehead atoms. The van der Waals surface area contributed by atoms with E-state index < -0.39 is 11.2 Å². The van der Waals surface area contributed by atoms with Crippen LogP contribution < -0.4 is 17.0 Å². The number of nitrogens with one attached hydrogen (secondary N) is 1. The van der Waals surface area contributed by atoms with Crippen molar-refractivity contribution < 1.29 is 0 Å². The molecule has 1 aromatic rings. The predicted octanol–water partition coefficient (Wildman–Crippen LogP) is -0.00680. The number of nitrogen functional groups attached to an aromatic ring is 1. The van der Waals surface area contributed by atoms with Crippen LogP contribution in [0.3, 0.4) is 0 Å². The maximum Gasteiger partial charge on any atom is 0.329 e. The molecule has 0 spiro atoms. The first-order chi connectivity index (χ1) is 8.58. The van der Waals surface area contributed by atoms with E-state index in [2.05, 4.69) is 16.9 Å². The Bertz CT molecular complexity index is 514. The summed E-state index contributed by atoms with van der Waals surface area (Å²) in [7, 11) is 2.07. The van der Waals surface area contributed by atoms with E-state index in [4.69, 9.17) is 5.73 Å². The molecule has 18 heavy (non-hydrogen) atoms. The number of nitrogens with two attached hydrogens (primary N) is 1.